The quantitative estimate of drug-likeness (QED) is 0.649. The summed E-state index contributed by atoms with van der Waals surface area (Å²) in [6.45, 7) is 10.1. The molecule has 126 valence electrons. The zero-order chi connectivity index (χ0) is 15.6. The Hall–Kier alpha value is -0.300. The zero-order valence-electron chi connectivity index (χ0n) is 13.9. The molecule has 1 saturated heterocycles. The van der Waals surface area contributed by atoms with E-state index in [4.69, 9.17) is 11.2 Å². The first-order chi connectivity index (χ1) is 9.95. The van der Waals surface area contributed by atoms with Gasteiger partial charge in [-0.1, -0.05) is 37.2 Å². The summed E-state index contributed by atoms with van der Waals surface area (Å²) in [6.07, 6.45) is 3.69. The van der Waals surface area contributed by atoms with Crippen LogP contribution < -0.4 is 10.2 Å². The van der Waals surface area contributed by atoms with Crippen LogP contribution in [0.15, 0.2) is 18.2 Å². The van der Waals surface area contributed by atoms with Gasteiger partial charge in [-0.25, -0.2) is 0 Å². The van der Waals surface area contributed by atoms with E-state index in [1.807, 2.05) is 0 Å². The number of hydrogen-bond donors (Lipinski definition) is 0. The average molecular weight is 343 g/mol. The molecule has 1 heterocycles. The molecule has 0 saturated carbocycles. The molecule has 22 heavy (non-hydrogen) atoms. The fraction of sp³-hybridized carbons (Fsp3) is 0.667. The second kappa shape index (κ2) is 8.52. The van der Waals surface area contributed by atoms with E-state index in [2.05, 4.69) is 62.5 Å². The first kappa shape index (κ1) is 19.7. The molecule has 3 atom stereocenters. The van der Waals surface area contributed by atoms with Crippen molar-refractivity contribution in [3.05, 3.63) is 23.8 Å². The lowest BCUT2D eigenvalue weighted by molar-refractivity contribution is 0.551. The van der Waals surface area contributed by atoms with E-state index in [-0.39, 0.29) is 7.43 Å². The van der Waals surface area contributed by atoms with Crippen molar-refractivity contribution in [1.29, 1.82) is 0 Å². The van der Waals surface area contributed by atoms with Gasteiger partial charge in [0.2, 0.25) is 0 Å². The van der Waals surface area contributed by atoms with Gasteiger partial charge in [0.05, 0.1) is 7.43 Å². The van der Waals surface area contributed by atoms with Crippen molar-refractivity contribution >= 4 is 29.7 Å². The van der Waals surface area contributed by atoms with Crippen molar-refractivity contribution in [3.8, 4) is 0 Å². The van der Waals surface area contributed by atoms with Gasteiger partial charge >= 0.3 is 0 Å². The second-order valence-electron chi connectivity index (χ2n) is 6.32. The summed E-state index contributed by atoms with van der Waals surface area (Å²) in [4.78, 5) is 2.58. The van der Waals surface area contributed by atoms with E-state index in [1.165, 1.54) is 29.4 Å². The summed E-state index contributed by atoms with van der Waals surface area (Å²) < 4.78 is 2.31. The second-order valence-corrected chi connectivity index (χ2v) is 8.96. The molecule has 0 radical (unpaired) electrons. The fourth-order valence-electron chi connectivity index (χ4n) is 3.26. The number of benzene rings is 1. The van der Waals surface area contributed by atoms with Gasteiger partial charge in [0.1, 0.15) is 0 Å². The minimum Gasteiger partial charge on any atom is -0.366 e. The van der Waals surface area contributed by atoms with Crippen LogP contribution in [0.3, 0.4) is 0 Å². The lowest BCUT2D eigenvalue weighted by atomic mass is 10.2. The summed E-state index contributed by atoms with van der Waals surface area (Å²) in [6, 6.07) is 8.01. The van der Waals surface area contributed by atoms with E-state index in [0.29, 0.717) is 12.1 Å². The molecule has 0 bridgehead atoms. The minimum absolute atomic E-state index is 0. The Bertz CT molecular complexity index is 470. The lowest BCUT2D eigenvalue weighted by Crippen LogP contribution is -2.36. The Morgan fingerprint density at radius 3 is 2.41 bits per heavy atom. The highest BCUT2D eigenvalue weighted by Crippen LogP contribution is 2.47. The van der Waals surface area contributed by atoms with Crippen molar-refractivity contribution in [1.82, 2.24) is 4.67 Å². The van der Waals surface area contributed by atoms with Crippen molar-refractivity contribution in [2.45, 2.75) is 66.5 Å². The number of aryl methyl sites for hydroxylation is 1. The van der Waals surface area contributed by atoms with Crippen LogP contribution in [-0.4, -0.2) is 30.3 Å². The maximum absolute atomic E-state index is 6.85. The number of halogens is 1. The monoisotopic (exact) mass is 342 g/mol. The van der Waals surface area contributed by atoms with Crippen LogP contribution in [-0.2, 0) is 0 Å². The van der Waals surface area contributed by atoms with Gasteiger partial charge in [-0.3, -0.25) is 4.67 Å². The highest BCUT2D eigenvalue weighted by atomic mass is 35.7. The highest BCUT2D eigenvalue weighted by molar-refractivity contribution is 7.88. The van der Waals surface area contributed by atoms with Crippen molar-refractivity contribution in [2.75, 3.05) is 18.5 Å². The Labute approximate surface area is 143 Å². The number of anilines is 1. The predicted molar refractivity (Wildman–Crippen MR) is 104 cm³/mol. The van der Waals surface area contributed by atoms with Crippen LogP contribution in [0.5, 0.6) is 0 Å². The molecule has 4 heteroatoms. The molecule has 1 aromatic rings. The van der Waals surface area contributed by atoms with Gasteiger partial charge in [-0.2, -0.15) is 0 Å². The lowest BCUT2D eigenvalue weighted by Gasteiger charge is -2.33. The van der Waals surface area contributed by atoms with Crippen molar-refractivity contribution in [3.63, 3.8) is 0 Å². The standard InChI is InChI=1S/C17H28ClN2P.CH4/c1-6-11-19(5)21(18)17-12-13(2)7-10-16(17)20-14(3)8-9-15(20)4;/h7,10,12,14-15H,6,8-9,11H2,1-5H3;1H4/t14-,15+,21?;. The normalized spacial score (nSPS) is 22.8. The van der Waals surface area contributed by atoms with E-state index in [0.717, 1.165) is 13.0 Å². The van der Waals surface area contributed by atoms with Crippen LogP contribution in [0.2, 0.25) is 0 Å². The van der Waals surface area contributed by atoms with Gasteiger partial charge in [-0.15, -0.1) is 0 Å². The van der Waals surface area contributed by atoms with Gasteiger partial charge in [0.15, 0.2) is 0 Å². The third-order valence-corrected chi connectivity index (χ3v) is 7.28. The van der Waals surface area contributed by atoms with Gasteiger partial charge in [0.25, 0.3) is 0 Å². The van der Waals surface area contributed by atoms with Gasteiger partial charge < -0.3 is 4.90 Å². The molecule has 0 spiro atoms. The fourth-order valence-corrected chi connectivity index (χ4v) is 5.33. The summed E-state index contributed by atoms with van der Waals surface area (Å²) in [5.74, 6) is 0. The maximum atomic E-state index is 6.85. The van der Waals surface area contributed by atoms with Crippen LogP contribution in [0.25, 0.3) is 0 Å². The number of hydrogen-bond acceptors (Lipinski definition) is 2. The third kappa shape index (κ3) is 4.16. The summed E-state index contributed by atoms with van der Waals surface area (Å²) in [7, 11) is 1.37. The largest absolute Gasteiger partial charge is 0.366 e. The Balaban J connectivity index is 0.00000242. The average Bonchev–Trinajstić information content (AvgIpc) is 2.78. The van der Waals surface area contributed by atoms with Crippen LogP contribution in [0, 0.1) is 6.92 Å². The molecular weight excluding hydrogens is 311 g/mol. The molecule has 0 N–H and O–H groups in total. The molecule has 0 aromatic heterocycles. The summed E-state index contributed by atoms with van der Waals surface area (Å²) in [5, 5.41) is 1.32. The van der Waals surface area contributed by atoms with Gasteiger partial charge in [0, 0.05) is 29.6 Å². The maximum Gasteiger partial charge on any atom is 0.0964 e. The topological polar surface area (TPSA) is 6.48 Å². The molecule has 1 aliphatic heterocycles. The molecule has 1 aromatic carbocycles. The summed E-state index contributed by atoms with van der Waals surface area (Å²) in [5.41, 5.74) is 2.65. The van der Waals surface area contributed by atoms with E-state index >= 15 is 0 Å². The van der Waals surface area contributed by atoms with E-state index in [1.54, 1.807) is 0 Å². The Kier molecular flexibility index (Phi) is 7.65. The predicted octanol–water partition coefficient (Wildman–Crippen LogP) is 5.53. The smallest absolute Gasteiger partial charge is 0.0964 e. The first-order valence-electron chi connectivity index (χ1n) is 8.01. The van der Waals surface area contributed by atoms with Crippen LogP contribution >= 0.6 is 18.7 Å². The van der Waals surface area contributed by atoms with Crippen LogP contribution in [0.1, 0.15) is 53.0 Å². The number of nitrogens with zero attached hydrogens (tertiary/aromatic N) is 2. The van der Waals surface area contributed by atoms with E-state index in [9.17, 15) is 0 Å². The van der Waals surface area contributed by atoms with Crippen LogP contribution in [0.4, 0.5) is 5.69 Å². The molecule has 2 nitrogen and oxygen atoms in total. The first-order valence-corrected chi connectivity index (χ1v) is 10.2. The molecule has 0 amide bonds. The molecule has 1 unspecified atom stereocenters. The highest BCUT2D eigenvalue weighted by Gasteiger charge is 2.30. The summed E-state index contributed by atoms with van der Waals surface area (Å²) >= 11 is 6.85. The van der Waals surface area contributed by atoms with E-state index < -0.39 is 7.43 Å². The molecule has 1 fully saturated rings. The number of rotatable bonds is 5. The minimum atomic E-state index is -0.770. The Morgan fingerprint density at radius 1 is 1.27 bits per heavy atom. The molecule has 2 rings (SSSR count). The molecule has 0 aliphatic carbocycles. The molecule has 1 aliphatic rings. The third-order valence-electron chi connectivity index (χ3n) is 4.41. The Morgan fingerprint density at radius 2 is 1.86 bits per heavy atom. The zero-order valence-corrected chi connectivity index (χ0v) is 15.6. The molecular formula is C18H32ClN2P. The van der Waals surface area contributed by atoms with Crippen molar-refractivity contribution in [2.24, 2.45) is 0 Å². The SMILES string of the molecule is C.CCCN(C)P(Cl)c1cc(C)ccc1N1[C@H](C)CC[C@@H]1C. The van der Waals surface area contributed by atoms with Gasteiger partial charge in [-0.05, 0) is 59.2 Å². The van der Waals surface area contributed by atoms with Crippen molar-refractivity contribution < 1.29 is 0 Å².